The Morgan fingerprint density at radius 2 is 0.761 bits per heavy atom. The minimum Gasteiger partial charge on any atom is -0.455 e. The van der Waals surface area contributed by atoms with Crippen molar-refractivity contribution < 1.29 is 4.42 Å². The molecule has 67 heavy (non-hydrogen) atoms. The number of rotatable bonds is 8. The van der Waals surface area contributed by atoms with Crippen molar-refractivity contribution in [3.63, 3.8) is 0 Å². The highest BCUT2D eigenvalue weighted by Gasteiger charge is 2.24. The maximum absolute atomic E-state index is 6.53. The molecule has 0 bridgehead atoms. The van der Waals surface area contributed by atoms with Gasteiger partial charge in [-0.3, -0.25) is 0 Å². The molecule has 2 aromatic heterocycles. The highest BCUT2D eigenvalue weighted by Crippen LogP contribution is 2.49. The number of hydrogen-bond donors (Lipinski definition) is 0. The van der Waals surface area contributed by atoms with E-state index in [4.69, 9.17) is 4.42 Å². The fraction of sp³-hybridized carbons (Fsp3) is 0. The molecule has 0 saturated carbocycles. The fourth-order valence-corrected chi connectivity index (χ4v) is 10.5. The van der Waals surface area contributed by atoms with E-state index in [9.17, 15) is 0 Å². The highest BCUT2D eigenvalue weighted by molar-refractivity contribution is 6.11. The summed E-state index contributed by atoms with van der Waals surface area (Å²) in [4.78, 5) is 2.45. The normalized spacial score (nSPS) is 11.6. The molecular weight excluding hydrogens is 813 g/mol. The van der Waals surface area contributed by atoms with Gasteiger partial charge in [-0.25, -0.2) is 0 Å². The summed E-state index contributed by atoms with van der Waals surface area (Å²) in [5.41, 5.74) is 17.6. The lowest BCUT2D eigenvalue weighted by Gasteiger charge is -2.30. The Morgan fingerprint density at radius 1 is 0.299 bits per heavy atom. The van der Waals surface area contributed by atoms with E-state index in [0.29, 0.717) is 0 Å². The van der Waals surface area contributed by atoms with Gasteiger partial charge in [0.2, 0.25) is 0 Å². The van der Waals surface area contributed by atoms with Crippen molar-refractivity contribution in [2.75, 3.05) is 4.90 Å². The second-order valence-electron chi connectivity index (χ2n) is 17.2. The Hall–Kier alpha value is -8.92. The summed E-state index contributed by atoms with van der Waals surface area (Å²) in [6.07, 6.45) is 0. The molecule has 13 rings (SSSR count). The molecule has 13 aromatic rings. The van der Waals surface area contributed by atoms with Crippen LogP contribution in [-0.2, 0) is 0 Å². The lowest BCUT2D eigenvalue weighted by atomic mass is 9.91. The van der Waals surface area contributed by atoms with Gasteiger partial charge in [0.05, 0.1) is 28.1 Å². The molecule has 0 spiro atoms. The smallest absolute Gasteiger partial charge is 0.143 e. The van der Waals surface area contributed by atoms with Crippen LogP contribution in [0.2, 0.25) is 0 Å². The van der Waals surface area contributed by atoms with Crippen molar-refractivity contribution >= 4 is 71.6 Å². The highest BCUT2D eigenvalue weighted by atomic mass is 16.3. The second-order valence-corrected chi connectivity index (χ2v) is 17.2. The van der Waals surface area contributed by atoms with Gasteiger partial charge in [0, 0.05) is 49.5 Å². The summed E-state index contributed by atoms with van der Waals surface area (Å²) in [6.45, 7) is 0. The Bertz CT molecular complexity index is 3950. The maximum Gasteiger partial charge on any atom is 0.143 e. The zero-order valence-corrected chi connectivity index (χ0v) is 36.6. The van der Waals surface area contributed by atoms with Crippen molar-refractivity contribution in [1.82, 2.24) is 4.57 Å². The predicted octanol–water partition coefficient (Wildman–Crippen LogP) is 18.0. The molecule has 0 radical (unpaired) electrons. The number of para-hydroxylation sites is 7. The number of furan rings is 1. The molecule has 2 heterocycles. The second kappa shape index (κ2) is 16.0. The summed E-state index contributed by atoms with van der Waals surface area (Å²) in [5, 5.41) is 7.16. The van der Waals surface area contributed by atoms with Gasteiger partial charge in [0.1, 0.15) is 11.2 Å². The van der Waals surface area contributed by atoms with Gasteiger partial charge in [-0.15, -0.1) is 0 Å². The lowest BCUT2D eigenvalue weighted by molar-refractivity contribution is 0.670. The SMILES string of the molecule is c1ccc(-c2ccccc2-n2c3ccccc3c3ccccc32)c(-c2ccccc2N(c2ccc(-c3cccc4c3oc3ccccc34)cc2)c2ccccc2-c2cccc3ccccc23)c1. The number of aromatic nitrogens is 1. The topological polar surface area (TPSA) is 21.3 Å². The van der Waals surface area contributed by atoms with Gasteiger partial charge in [-0.1, -0.05) is 206 Å². The number of fused-ring (bicyclic) bond motifs is 7. The van der Waals surface area contributed by atoms with Crippen LogP contribution in [0.25, 0.3) is 105 Å². The van der Waals surface area contributed by atoms with Crippen molar-refractivity contribution in [2.24, 2.45) is 0 Å². The van der Waals surface area contributed by atoms with E-state index in [1.807, 2.05) is 12.1 Å². The third-order valence-electron chi connectivity index (χ3n) is 13.4. The van der Waals surface area contributed by atoms with Crippen LogP contribution in [0.15, 0.2) is 259 Å². The van der Waals surface area contributed by atoms with E-state index < -0.39 is 0 Å². The summed E-state index contributed by atoms with van der Waals surface area (Å²) in [7, 11) is 0. The van der Waals surface area contributed by atoms with Crippen molar-refractivity contribution in [3.8, 4) is 50.2 Å². The van der Waals surface area contributed by atoms with Crippen molar-refractivity contribution in [2.45, 2.75) is 0 Å². The molecule has 0 unspecified atom stereocenters. The predicted molar refractivity (Wildman–Crippen MR) is 282 cm³/mol. The number of nitrogens with zero attached hydrogens (tertiary/aromatic N) is 2. The Balaban J connectivity index is 1.02. The molecule has 3 nitrogen and oxygen atoms in total. The molecular formula is C64H42N2O. The lowest BCUT2D eigenvalue weighted by Crippen LogP contribution is -2.12. The first kappa shape index (κ1) is 38.5. The average Bonchev–Trinajstić information content (AvgIpc) is 3.95. The molecule has 314 valence electrons. The monoisotopic (exact) mass is 854 g/mol. The van der Waals surface area contributed by atoms with Crippen LogP contribution in [0.3, 0.4) is 0 Å². The van der Waals surface area contributed by atoms with Crippen LogP contribution in [0.5, 0.6) is 0 Å². The third kappa shape index (κ3) is 6.35. The molecule has 0 amide bonds. The molecule has 0 N–H and O–H groups in total. The van der Waals surface area contributed by atoms with E-state index in [1.165, 1.54) is 38.1 Å². The maximum atomic E-state index is 6.53. The van der Waals surface area contributed by atoms with Crippen molar-refractivity contribution in [3.05, 3.63) is 255 Å². The van der Waals surface area contributed by atoms with Crippen LogP contribution < -0.4 is 4.90 Å². The average molecular weight is 855 g/mol. The minimum absolute atomic E-state index is 0.896. The van der Waals surface area contributed by atoms with E-state index in [1.54, 1.807) is 0 Å². The van der Waals surface area contributed by atoms with E-state index in [-0.39, 0.29) is 0 Å². The molecule has 3 heteroatoms. The van der Waals surface area contributed by atoms with E-state index in [0.717, 1.165) is 83.6 Å². The Kier molecular flexibility index (Phi) is 9.17. The van der Waals surface area contributed by atoms with Gasteiger partial charge in [-0.2, -0.15) is 0 Å². The third-order valence-corrected chi connectivity index (χ3v) is 13.4. The standard InChI is InChI=1S/C64H42N2O/c1-2-21-46-43(19-1)20-17-31-48(46)51-24-5-11-33-58(51)65(45-41-39-44(40-42-45)47-30-18-32-57-56-29-10-16-38-63(56)67-64(47)57)59-34-12-6-25-52(59)49-22-3-4-23-50(49)53-26-7-13-35-60(53)66-61-36-14-8-27-54(61)55-28-9-15-37-62(55)66/h1-42H. The quantitative estimate of drug-likeness (QED) is 0.152. The summed E-state index contributed by atoms with van der Waals surface area (Å²) < 4.78 is 8.96. The van der Waals surface area contributed by atoms with E-state index >= 15 is 0 Å². The van der Waals surface area contributed by atoms with Gasteiger partial charge in [0.25, 0.3) is 0 Å². The summed E-state index contributed by atoms with van der Waals surface area (Å²) in [6, 6.07) is 92.0. The van der Waals surface area contributed by atoms with Gasteiger partial charge < -0.3 is 13.9 Å². The number of hydrogen-bond acceptors (Lipinski definition) is 2. The minimum atomic E-state index is 0.896. The van der Waals surface area contributed by atoms with Crippen LogP contribution in [0.1, 0.15) is 0 Å². The zero-order valence-electron chi connectivity index (χ0n) is 36.6. The van der Waals surface area contributed by atoms with Crippen LogP contribution >= 0.6 is 0 Å². The summed E-state index contributed by atoms with van der Waals surface area (Å²) >= 11 is 0. The first-order valence-corrected chi connectivity index (χ1v) is 22.9. The molecule has 0 fully saturated rings. The molecule has 0 aliphatic heterocycles. The van der Waals surface area contributed by atoms with Gasteiger partial charge in [-0.05, 0) is 81.6 Å². The molecule has 0 aliphatic rings. The first-order valence-electron chi connectivity index (χ1n) is 22.9. The van der Waals surface area contributed by atoms with E-state index in [2.05, 4.69) is 252 Å². The first-order chi connectivity index (χ1) is 33.3. The number of anilines is 3. The summed E-state index contributed by atoms with van der Waals surface area (Å²) in [5.74, 6) is 0. The molecule has 0 aliphatic carbocycles. The van der Waals surface area contributed by atoms with Crippen LogP contribution in [0.4, 0.5) is 17.1 Å². The van der Waals surface area contributed by atoms with Gasteiger partial charge >= 0.3 is 0 Å². The Labute approximate surface area is 388 Å². The van der Waals surface area contributed by atoms with Crippen LogP contribution in [0, 0.1) is 0 Å². The van der Waals surface area contributed by atoms with Crippen molar-refractivity contribution in [1.29, 1.82) is 0 Å². The molecule has 0 saturated heterocycles. The van der Waals surface area contributed by atoms with Gasteiger partial charge in [0.15, 0.2) is 0 Å². The zero-order chi connectivity index (χ0) is 44.3. The van der Waals surface area contributed by atoms with Crippen LogP contribution in [-0.4, -0.2) is 4.57 Å². The molecule has 11 aromatic carbocycles. The largest absolute Gasteiger partial charge is 0.455 e. The number of benzene rings is 11. The fourth-order valence-electron chi connectivity index (χ4n) is 10.5. The molecule has 0 atom stereocenters. The Morgan fingerprint density at radius 3 is 1.48 bits per heavy atom.